The molecule has 6 nitrogen and oxygen atoms in total. The summed E-state index contributed by atoms with van der Waals surface area (Å²) in [6, 6.07) is 16.2. The number of rotatable bonds is 4. The molecule has 0 spiro atoms. The van der Waals surface area contributed by atoms with Crippen LogP contribution in [-0.2, 0) is 6.42 Å². The number of hydrazone groups is 1. The van der Waals surface area contributed by atoms with E-state index in [1.807, 2.05) is 36.4 Å². The van der Waals surface area contributed by atoms with Crippen LogP contribution in [0.3, 0.4) is 0 Å². The Morgan fingerprint density at radius 1 is 1.08 bits per heavy atom. The molecular weight excluding hydrogens is 300 g/mol. The van der Waals surface area contributed by atoms with Crippen molar-refractivity contribution in [3.63, 3.8) is 0 Å². The second-order valence-electron chi connectivity index (χ2n) is 5.47. The molecule has 4 rings (SSSR count). The van der Waals surface area contributed by atoms with Gasteiger partial charge in [-0.2, -0.15) is 10.1 Å². The quantitative estimate of drug-likeness (QED) is 0.446. The molecule has 0 atom stereocenters. The van der Waals surface area contributed by atoms with Gasteiger partial charge >= 0.3 is 0 Å². The summed E-state index contributed by atoms with van der Waals surface area (Å²) in [6.07, 6.45) is 2.76. The van der Waals surface area contributed by atoms with Gasteiger partial charge in [-0.15, -0.1) is 10.2 Å². The van der Waals surface area contributed by atoms with Crippen LogP contribution in [0, 0.1) is 0 Å². The zero-order valence-corrected chi connectivity index (χ0v) is 13.2. The highest BCUT2D eigenvalue weighted by Crippen LogP contribution is 2.21. The third-order valence-corrected chi connectivity index (χ3v) is 3.89. The summed E-state index contributed by atoms with van der Waals surface area (Å²) in [5, 5.41) is 13.5. The molecule has 2 N–H and O–H groups in total. The molecular formula is C18H16N6. The molecule has 6 heteroatoms. The number of fused-ring (bicyclic) bond motifs is 3. The van der Waals surface area contributed by atoms with Crippen LogP contribution >= 0.6 is 0 Å². The fourth-order valence-electron chi connectivity index (χ4n) is 2.57. The molecule has 0 aliphatic rings. The molecule has 2 aromatic heterocycles. The number of nitrogens with zero attached hydrogens (tertiary/aromatic N) is 4. The van der Waals surface area contributed by atoms with Crippen LogP contribution in [-0.4, -0.2) is 26.4 Å². The lowest BCUT2D eigenvalue weighted by molar-refractivity contribution is 1.01. The lowest BCUT2D eigenvalue weighted by Gasteiger charge is -1.98. The maximum absolute atomic E-state index is 4.42. The number of anilines is 1. The van der Waals surface area contributed by atoms with Crippen LogP contribution in [0.2, 0.25) is 0 Å². The molecule has 0 aliphatic carbocycles. The second kappa shape index (κ2) is 6.08. The zero-order valence-electron chi connectivity index (χ0n) is 13.2. The summed E-state index contributed by atoms with van der Waals surface area (Å²) in [6.45, 7) is 2.13. The predicted octanol–water partition coefficient (Wildman–Crippen LogP) is 3.51. The van der Waals surface area contributed by atoms with Gasteiger partial charge in [0.05, 0.1) is 6.21 Å². The molecule has 0 radical (unpaired) electrons. The minimum absolute atomic E-state index is 0.357. The summed E-state index contributed by atoms with van der Waals surface area (Å²) < 4.78 is 0. The van der Waals surface area contributed by atoms with Gasteiger partial charge in [0.2, 0.25) is 0 Å². The molecule has 118 valence electrons. The van der Waals surface area contributed by atoms with E-state index in [9.17, 15) is 0 Å². The fraction of sp³-hybridized carbons (Fsp3) is 0.111. The highest BCUT2D eigenvalue weighted by Gasteiger charge is 2.07. The van der Waals surface area contributed by atoms with Crippen molar-refractivity contribution in [1.29, 1.82) is 0 Å². The van der Waals surface area contributed by atoms with Crippen LogP contribution in [0.4, 0.5) is 5.95 Å². The molecule has 0 fully saturated rings. The highest BCUT2D eigenvalue weighted by molar-refractivity contribution is 6.03. The van der Waals surface area contributed by atoms with Gasteiger partial charge in [0, 0.05) is 10.9 Å². The zero-order chi connectivity index (χ0) is 16.4. The predicted molar refractivity (Wildman–Crippen MR) is 96.2 cm³/mol. The summed E-state index contributed by atoms with van der Waals surface area (Å²) in [7, 11) is 0. The van der Waals surface area contributed by atoms with Gasteiger partial charge in [-0.25, -0.2) is 5.43 Å². The maximum Gasteiger partial charge on any atom is 0.265 e. The first-order chi connectivity index (χ1) is 11.8. The van der Waals surface area contributed by atoms with Crippen molar-refractivity contribution in [3.05, 3.63) is 59.7 Å². The lowest BCUT2D eigenvalue weighted by Crippen LogP contribution is -1.99. The SMILES string of the molecule is CCc1ccc(/C=N\Nc2nnc3c(n2)[nH]c2ccccc23)cc1. The van der Waals surface area contributed by atoms with E-state index in [-0.39, 0.29) is 0 Å². The number of aromatic amines is 1. The second-order valence-corrected chi connectivity index (χ2v) is 5.47. The largest absolute Gasteiger partial charge is 0.338 e. The number of aromatic nitrogens is 4. The minimum atomic E-state index is 0.357. The number of nitrogens with one attached hydrogen (secondary N) is 2. The molecule has 0 bridgehead atoms. The summed E-state index contributed by atoms with van der Waals surface area (Å²) in [4.78, 5) is 7.65. The van der Waals surface area contributed by atoms with Crippen molar-refractivity contribution in [2.24, 2.45) is 5.10 Å². The van der Waals surface area contributed by atoms with Crippen molar-refractivity contribution < 1.29 is 0 Å². The monoisotopic (exact) mass is 316 g/mol. The molecule has 0 unspecified atom stereocenters. The maximum atomic E-state index is 4.42. The molecule has 0 saturated carbocycles. The van der Waals surface area contributed by atoms with E-state index in [1.165, 1.54) is 5.56 Å². The van der Waals surface area contributed by atoms with Gasteiger partial charge in [0.1, 0.15) is 5.52 Å². The lowest BCUT2D eigenvalue weighted by atomic mass is 10.1. The van der Waals surface area contributed by atoms with Gasteiger partial charge in [-0.3, -0.25) is 0 Å². The topological polar surface area (TPSA) is 78.8 Å². The average molecular weight is 316 g/mol. The Kier molecular flexibility index (Phi) is 3.63. The number of para-hydroxylation sites is 1. The Hall–Kier alpha value is -3.28. The first kappa shape index (κ1) is 14.3. The normalized spacial score (nSPS) is 11.5. The Labute approximate surface area is 138 Å². The molecule has 0 aliphatic heterocycles. The van der Waals surface area contributed by atoms with E-state index >= 15 is 0 Å². The van der Waals surface area contributed by atoms with E-state index in [4.69, 9.17) is 0 Å². The first-order valence-corrected chi connectivity index (χ1v) is 7.82. The fourth-order valence-corrected chi connectivity index (χ4v) is 2.57. The van der Waals surface area contributed by atoms with E-state index in [0.717, 1.165) is 28.4 Å². The summed E-state index contributed by atoms with van der Waals surface area (Å²) in [5.74, 6) is 0.357. The van der Waals surface area contributed by atoms with Crippen LogP contribution in [0.5, 0.6) is 0 Å². The minimum Gasteiger partial charge on any atom is -0.338 e. The molecule has 2 aromatic carbocycles. The highest BCUT2D eigenvalue weighted by atomic mass is 15.4. The van der Waals surface area contributed by atoms with Gasteiger partial charge in [-0.05, 0) is 23.6 Å². The van der Waals surface area contributed by atoms with Crippen LogP contribution < -0.4 is 5.43 Å². The van der Waals surface area contributed by atoms with Gasteiger partial charge in [0.25, 0.3) is 5.95 Å². The number of hydrogen-bond acceptors (Lipinski definition) is 5. The molecule has 0 saturated heterocycles. The number of aryl methyl sites for hydroxylation is 1. The number of hydrogen-bond donors (Lipinski definition) is 2. The van der Waals surface area contributed by atoms with E-state index in [0.29, 0.717) is 11.6 Å². The summed E-state index contributed by atoms with van der Waals surface area (Å²) in [5.41, 5.74) is 7.58. The van der Waals surface area contributed by atoms with Crippen molar-refractivity contribution in [3.8, 4) is 0 Å². The smallest absolute Gasteiger partial charge is 0.265 e. The average Bonchev–Trinajstić information content (AvgIpc) is 3.00. The van der Waals surface area contributed by atoms with Crippen LogP contribution in [0.15, 0.2) is 53.6 Å². The third kappa shape index (κ3) is 2.69. The first-order valence-electron chi connectivity index (χ1n) is 7.82. The number of benzene rings is 2. The van der Waals surface area contributed by atoms with Gasteiger partial charge < -0.3 is 4.98 Å². The Morgan fingerprint density at radius 3 is 2.75 bits per heavy atom. The molecule has 0 amide bonds. The Balaban J connectivity index is 1.55. The Bertz CT molecular complexity index is 1020. The van der Waals surface area contributed by atoms with Crippen LogP contribution in [0.1, 0.15) is 18.1 Å². The Morgan fingerprint density at radius 2 is 1.92 bits per heavy atom. The van der Waals surface area contributed by atoms with E-state index in [2.05, 4.69) is 49.7 Å². The number of H-pyrrole nitrogens is 1. The third-order valence-electron chi connectivity index (χ3n) is 3.89. The summed E-state index contributed by atoms with van der Waals surface area (Å²) >= 11 is 0. The van der Waals surface area contributed by atoms with Crippen molar-refractivity contribution in [2.45, 2.75) is 13.3 Å². The molecule has 2 heterocycles. The molecule has 4 aromatic rings. The standard InChI is InChI=1S/C18H16N6/c1-2-12-7-9-13(10-8-12)11-19-23-18-21-17-16(22-24-18)14-5-3-4-6-15(14)20-17/h3-11H,2H2,1H3,(H2,20,21,23,24)/b19-11-. The van der Waals surface area contributed by atoms with Crippen molar-refractivity contribution in [2.75, 3.05) is 5.43 Å². The van der Waals surface area contributed by atoms with Crippen molar-refractivity contribution in [1.82, 2.24) is 20.2 Å². The van der Waals surface area contributed by atoms with Crippen LogP contribution in [0.25, 0.3) is 22.1 Å². The van der Waals surface area contributed by atoms with E-state index in [1.54, 1.807) is 6.21 Å². The van der Waals surface area contributed by atoms with Crippen molar-refractivity contribution >= 4 is 34.2 Å². The van der Waals surface area contributed by atoms with Gasteiger partial charge in [-0.1, -0.05) is 49.4 Å². The van der Waals surface area contributed by atoms with Gasteiger partial charge in [0.15, 0.2) is 5.65 Å². The molecule has 24 heavy (non-hydrogen) atoms. The van der Waals surface area contributed by atoms with E-state index < -0.39 is 0 Å².